The summed E-state index contributed by atoms with van der Waals surface area (Å²) in [5.41, 5.74) is -0.190. The Hall–Kier alpha value is -3.12. The lowest BCUT2D eigenvalue weighted by Gasteiger charge is -2.10. The SMILES string of the molecule is COCc1ncn(-c2cc(F)c(COc3ccc(OS(=O)(=O)F)cc3)c(F)c2)n1. The molecule has 1 heterocycles. The Balaban J connectivity index is 1.71. The zero-order chi connectivity index (χ0) is 21.0. The fourth-order valence-electron chi connectivity index (χ4n) is 2.34. The Morgan fingerprint density at radius 3 is 2.24 bits per heavy atom. The zero-order valence-electron chi connectivity index (χ0n) is 14.9. The van der Waals surface area contributed by atoms with E-state index < -0.39 is 28.7 Å². The van der Waals surface area contributed by atoms with Gasteiger partial charge in [-0.15, -0.1) is 5.10 Å². The van der Waals surface area contributed by atoms with E-state index in [1.807, 2.05) is 0 Å². The van der Waals surface area contributed by atoms with Crippen molar-refractivity contribution < 1.29 is 34.7 Å². The van der Waals surface area contributed by atoms with E-state index in [9.17, 15) is 21.1 Å². The molecule has 0 unspecified atom stereocenters. The third kappa shape index (κ3) is 5.45. The molecule has 0 spiro atoms. The molecule has 12 heteroatoms. The molecular formula is C17H14F3N3O5S. The van der Waals surface area contributed by atoms with Crippen molar-refractivity contribution in [1.29, 1.82) is 0 Å². The molecule has 154 valence electrons. The van der Waals surface area contributed by atoms with Crippen LogP contribution in [0.1, 0.15) is 11.4 Å². The number of nitrogens with zero attached hydrogens (tertiary/aromatic N) is 3. The second-order valence-corrected chi connectivity index (χ2v) is 6.62. The molecular weight excluding hydrogens is 415 g/mol. The van der Waals surface area contributed by atoms with E-state index in [4.69, 9.17) is 9.47 Å². The largest absolute Gasteiger partial charge is 0.489 e. The van der Waals surface area contributed by atoms with Crippen molar-refractivity contribution in [1.82, 2.24) is 14.8 Å². The van der Waals surface area contributed by atoms with Gasteiger partial charge in [-0.25, -0.2) is 18.4 Å². The molecule has 3 aromatic rings. The van der Waals surface area contributed by atoms with E-state index in [0.717, 1.165) is 24.3 Å². The van der Waals surface area contributed by atoms with Crippen molar-refractivity contribution >= 4 is 10.5 Å². The summed E-state index contributed by atoms with van der Waals surface area (Å²) in [6.45, 7) is -0.281. The number of benzene rings is 2. The highest BCUT2D eigenvalue weighted by molar-refractivity contribution is 7.81. The summed E-state index contributed by atoms with van der Waals surface area (Å²) in [6.07, 6.45) is 1.31. The maximum absolute atomic E-state index is 14.4. The monoisotopic (exact) mass is 429 g/mol. The van der Waals surface area contributed by atoms with Crippen LogP contribution in [0.3, 0.4) is 0 Å². The van der Waals surface area contributed by atoms with Crippen LogP contribution in [-0.2, 0) is 28.5 Å². The van der Waals surface area contributed by atoms with Gasteiger partial charge in [0, 0.05) is 19.2 Å². The molecule has 1 aromatic heterocycles. The number of methoxy groups -OCH3 is 1. The first-order chi connectivity index (χ1) is 13.7. The van der Waals surface area contributed by atoms with Crippen LogP contribution in [0, 0.1) is 11.6 Å². The molecule has 2 aromatic carbocycles. The van der Waals surface area contributed by atoms with Crippen molar-refractivity contribution in [3.05, 3.63) is 65.7 Å². The average Bonchev–Trinajstić information content (AvgIpc) is 3.10. The van der Waals surface area contributed by atoms with Crippen LogP contribution in [0.25, 0.3) is 5.69 Å². The Labute approximate surface area is 163 Å². The quantitative estimate of drug-likeness (QED) is 0.509. The summed E-state index contributed by atoms with van der Waals surface area (Å²) in [5.74, 6) is -1.47. The van der Waals surface area contributed by atoms with Gasteiger partial charge in [-0.3, -0.25) is 0 Å². The van der Waals surface area contributed by atoms with Crippen molar-refractivity contribution in [3.63, 3.8) is 0 Å². The summed E-state index contributed by atoms with van der Waals surface area (Å²) in [5, 5.41) is 4.04. The molecule has 0 fully saturated rings. The summed E-state index contributed by atoms with van der Waals surface area (Å²) < 4.78 is 77.4. The minimum atomic E-state index is -5.14. The van der Waals surface area contributed by atoms with Gasteiger partial charge < -0.3 is 13.7 Å². The third-order valence-electron chi connectivity index (χ3n) is 3.61. The Morgan fingerprint density at radius 1 is 1.03 bits per heavy atom. The topological polar surface area (TPSA) is 92.5 Å². The van der Waals surface area contributed by atoms with Crippen molar-refractivity contribution in [2.24, 2.45) is 0 Å². The van der Waals surface area contributed by atoms with Crippen molar-refractivity contribution in [2.75, 3.05) is 7.11 Å². The first-order valence-electron chi connectivity index (χ1n) is 8.00. The molecule has 29 heavy (non-hydrogen) atoms. The highest BCUT2D eigenvalue weighted by Crippen LogP contribution is 2.23. The van der Waals surface area contributed by atoms with Crippen LogP contribution >= 0.6 is 0 Å². The van der Waals surface area contributed by atoms with E-state index in [1.54, 1.807) is 0 Å². The second kappa shape index (κ2) is 8.49. The first-order valence-corrected chi connectivity index (χ1v) is 9.31. The van der Waals surface area contributed by atoms with Crippen LogP contribution in [0.2, 0.25) is 0 Å². The number of hydrogen-bond acceptors (Lipinski definition) is 7. The molecule has 0 amide bonds. The van der Waals surface area contributed by atoms with Gasteiger partial charge in [0.05, 0.1) is 11.3 Å². The fraction of sp³-hybridized carbons (Fsp3) is 0.176. The average molecular weight is 429 g/mol. The molecule has 0 N–H and O–H groups in total. The van der Waals surface area contributed by atoms with Crippen molar-refractivity contribution in [2.45, 2.75) is 13.2 Å². The number of aromatic nitrogens is 3. The van der Waals surface area contributed by atoms with Gasteiger partial charge in [0.2, 0.25) is 0 Å². The van der Waals surface area contributed by atoms with E-state index in [0.29, 0.717) is 5.82 Å². The Bertz CT molecular complexity index is 1080. The van der Waals surface area contributed by atoms with Gasteiger partial charge in [0.25, 0.3) is 0 Å². The molecule has 0 radical (unpaired) electrons. The number of rotatable bonds is 8. The normalized spacial score (nSPS) is 11.4. The highest BCUT2D eigenvalue weighted by Gasteiger charge is 2.15. The van der Waals surface area contributed by atoms with Gasteiger partial charge in [-0.05, 0) is 24.3 Å². The summed E-state index contributed by atoms with van der Waals surface area (Å²) in [7, 11) is -3.67. The molecule has 0 aliphatic carbocycles. The van der Waals surface area contributed by atoms with Crippen molar-refractivity contribution in [3.8, 4) is 17.2 Å². The lowest BCUT2D eigenvalue weighted by atomic mass is 10.2. The van der Waals surface area contributed by atoms with Crippen LogP contribution in [-0.4, -0.2) is 30.3 Å². The maximum Gasteiger partial charge on any atom is 0.488 e. The summed E-state index contributed by atoms with van der Waals surface area (Å²) in [6, 6.07) is 6.94. The smallest absolute Gasteiger partial charge is 0.488 e. The van der Waals surface area contributed by atoms with Crippen LogP contribution in [0.15, 0.2) is 42.7 Å². The van der Waals surface area contributed by atoms with E-state index in [2.05, 4.69) is 14.3 Å². The van der Waals surface area contributed by atoms with Gasteiger partial charge in [0.1, 0.15) is 42.7 Å². The van der Waals surface area contributed by atoms with Crippen LogP contribution < -0.4 is 8.92 Å². The molecule has 0 bridgehead atoms. The highest BCUT2D eigenvalue weighted by atomic mass is 32.3. The van der Waals surface area contributed by atoms with Crippen LogP contribution in [0.4, 0.5) is 12.7 Å². The number of ether oxygens (including phenoxy) is 2. The molecule has 0 saturated heterocycles. The molecule has 8 nitrogen and oxygen atoms in total. The van der Waals surface area contributed by atoms with E-state index in [1.165, 1.54) is 30.3 Å². The predicted molar refractivity (Wildman–Crippen MR) is 93.4 cm³/mol. The van der Waals surface area contributed by atoms with Crippen LogP contribution in [0.5, 0.6) is 11.5 Å². The summed E-state index contributed by atoms with van der Waals surface area (Å²) >= 11 is 0. The molecule has 0 aliphatic heterocycles. The number of halogens is 3. The predicted octanol–water partition coefficient (Wildman–Crippen LogP) is 2.86. The first kappa shape index (κ1) is 20.6. The minimum Gasteiger partial charge on any atom is -0.489 e. The minimum absolute atomic E-state index is 0.132. The van der Waals surface area contributed by atoms with Gasteiger partial charge in [-0.2, -0.15) is 8.42 Å². The standard InChI is InChI=1S/C17H14F3N3O5S/c1-26-9-17-21-10-23(22-17)11-6-15(18)14(16(19)7-11)8-27-12-2-4-13(5-3-12)28-29(20,24)25/h2-7,10H,8-9H2,1H3. The Kier molecular flexibility index (Phi) is 6.03. The lowest BCUT2D eigenvalue weighted by molar-refractivity contribution is 0.178. The van der Waals surface area contributed by atoms with Gasteiger partial charge in [0.15, 0.2) is 5.82 Å². The second-order valence-electron chi connectivity index (χ2n) is 5.66. The molecule has 0 aliphatic rings. The number of hydrogen-bond donors (Lipinski definition) is 0. The third-order valence-corrected chi connectivity index (χ3v) is 4.00. The zero-order valence-corrected chi connectivity index (χ0v) is 15.7. The maximum atomic E-state index is 14.4. The van der Waals surface area contributed by atoms with E-state index in [-0.39, 0.29) is 29.4 Å². The molecule has 0 saturated carbocycles. The van der Waals surface area contributed by atoms with Gasteiger partial charge in [-0.1, -0.05) is 3.89 Å². The fourth-order valence-corrected chi connectivity index (χ4v) is 2.68. The van der Waals surface area contributed by atoms with Gasteiger partial charge >= 0.3 is 10.5 Å². The lowest BCUT2D eigenvalue weighted by Crippen LogP contribution is -2.06. The summed E-state index contributed by atoms with van der Waals surface area (Å²) in [4.78, 5) is 3.96. The molecule has 0 atom stereocenters. The Morgan fingerprint density at radius 2 is 1.66 bits per heavy atom. The van der Waals surface area contributed by atoms with E-state index >= 15 is 0 Å². The molecule has 3 rings (SSSR count).